The van der Waals surface area contributed by atoms with Gasteiger partial charge in [-0.1, -0.05) is 6.92 Å². The van der Waals surface area contributed by atoms with Crippen molar-refractivity contribution in [3.63, 3.8) is 0 Å². The highest BCUT2D eigenvalue weighted by atomic mass is 32.1. The zero-order chi connectivity index (χ0) is 12.8. The summed E-state index contributed by atoms with van der Waals surface area (Å²) in [7, 11) is 0. The van der Waals surface area contributed by atoms with Gasteiger partial charge >= 0.3 is 0 Å². The Kier molecular flexibility index (Phi) is 5.67. The first-order valence-corrected chi connectivity index (χ1v) is 8.22. The third-order valence-electron chi connectivity index (χ3n) is 3.96. The van der Waals surface area contributed by atoms with Crippen LogP contribution in [0.2, 0.25) is 0 Å². The van der Waals surface area contributed by atoms with Gasteiger partial charge in [0.05, 0.1) is 0 Å². The second-order valence-corrected chi connectivity index (χ2v) is 6.22. The van der Waals surface area contributed by atoms with Crippen molar-refractivity contribution in [3.8, 4) is 0 Å². The van der Waals surface area contributed by atoms with E-state index in [4.69, 9.17) is 0 Å². The van der Waals surface area contributed by atoms with Crippen molar-refractivity contribution in [3.05, 3.63) is 22.4 Å². The first-order chi connectivity index (χ1) is 8.79. The molecule has 1 saturated heterocycles. The maximum atomic E-state index is 3.67. The molecule has 2 heterocycles. The van der Waals surface area contributed by atoms with E-state index in [-0.39, 0.29) is 0 Å². The minimum Gasteiger partial charge on any atom is -0.314 e. The van der Waals surface area contributed by atoms with E-state index >= 15 is 0 Å². The molecule has 2 nitrogen and oxygen atoms in total. The third-order valence-corrected chi connectivity index (χ3v) is 4.70. The van der Waals surface area contributed by atoms with Gasteiger partial charge in [-0.3, -0.25) is 0 Å². The van der Waals surface area contributed by atoms with Crippen LogP contribution in [0, 0.1) is 0 Å². The Morgan fingerprint density at radius 2 is 2.39 bits per heavy atom. The molecule has 1 fully saturated rings. The molecule has 1 aromatic heterocycles. The number of likely N-dealkylation sites (tertiary alicyclic amines) is 1. The first-order valence-electron chi connectivity index (χ1n) is 7.28. The van der Waals surface area contributed by atoms with Crippen LogP contribution < -0.4 is 5.32 Å². The molecule has 3 heteroatoms. The first kappa shape index (κ1) is 14.0. The second-order valence-electron chi connectivity index (χ2n) is 5.44. The van der Waals surface area contributed by atoms with Crippen LogP contribution in [0.15, 0.2) is 16.8 Å². The number of piperidine rings is 1. The molecule has 0 aliphatic carbocycles. The molecular weight excluding hydrogens is 240 g/mol. The van der Waals surface area contributed by atoms with Gasteiger partial charge in [-0.2, -0.15) is 11.3 Å². The molecule has 2 rings (SSSR count). The third kappa shape index (κ3) is 4.08. The van der Waals surface area contributed by atoms with Gasteiger partial charge in [-0.05, 0) is 68.1 Å². The topological polar surface area (TPSA) is 15.3 Å². The van der Waals surface area contributed by atoms with Crippen molar-refractivity contribution in [2.24, 2.45) is 0 Å². The van der Waals surface area contributed by atoms with E-state index in [1.165, 1.54) is 50.9 Å². The summed E-state index contributed by atoms with van der Waals surface area (Å²) in [5.41, 5.74) is 1.50. The Morgan fingerprint density at radius 3 is 3.06 bits per heavy atom. The van der Waals surface area contributed by atoms with E-state index in [2.05, 4.69) is 40.9 Å². The largest absolute Gasteiger partial charge is 0.314 e. The lowest BCUT2D eigenvalue weighted by molar-refractivity contribution is 0.138. The minimum absolute atomic E-state index is 0.728. The molecular formula is C15H26N2S. The van der Waals surface area contributed by atoms with Crippen molar-refractivity contribution in [1.29, 1.82) is 0 Å². The van der Waals surface area contributed by atoms with Crippen molar-refractivity contribution in [2.45, 2.75) is 51.6 Å². The highest BCUT2D eigenvalue weighted by Gasteiger charge is 2.24. The fourth-order valence-corrected chi connectivity index (χ4v) is 3.50. The summed E-state index contributed by atoms with van der Waals surface area (Å²) in [6.07, 6.45) is 5.07. The number of thiophene rings is 1. The van der Waals surface area contributed by atoms with Gasteiger partial charge in [-0.15, -0.1) is 0 Å². The highest BCUT2D eigenvalue weighted by molar-refractivity contribution is 7.07. The van der Waals surface area contributed by atoms with Crippen LogP contribution in [-0.2, 0) is 6.42 Å². The Labute approximate surface area is 115 Å². The smallest absolute Gasteiger partial charge is 0.00940 e. The van der Waals surface area contributed by atoms with Gasteiger partial charge in [0.2, 0.25) is 0 Å². The van der Waals surface area contributed by atoms with E-state index in [9.17, 15) is 0 Å². The van der Waals surface area contributed by atoms with E-state index < -0.39 is 0 Å². The summed E-state index contributed by atoms with van der Waals surface area (Å²) in [6, 6.07) is 3.73. The van der Waals surface area contributed by atoms with Gasteiger partial charge in [0.15, 0.2) is 0 Å². The number of hydrogen-bond acceptors (Lipinski definition) is 3. The minimum atomic E-state index is 0.728. The Bertz CT molecular complexity index is 323. The normalized spacial score (nSPS) is 25.4. The number of nitrogens with zero attached hydrogens (tertiary/aromatic N) is 1. The number of nitrogens with one attached hydrogen (secondary N) is 1. The molecule has 0 bridgehead atoms. The van der Waals surface area contributed by atoms with Crippen LogP contribution in [-0.4, -0.2) is 36.6 Å². The number of hydrogen-bond donors (Lipinski definition) is 1. The summed E-state index contributed by atoms with van der Waals surface area (Å²) in [5.74, 6) is 0. The van der Waals surface area contributed by atoms with Crippen LogP contribution in [0.5, 0.6) is 0 Å². The molecule has 1 N–H and O–H groups in total. The van der Waals surface area contributed by atoms with Crippen molar-refractivity contribution < 1.29 is 0 Å². The molecule has 0 aromatic carbocycles. The van der Waals surface area contributed by atoms with Crippen LogP contribution >= 0.6 is 11.3 Å². The summed E-state index contributed by atoms with van der Waals surface area (Å²) < 4.78 is 0. The van der Waals surface area contributed by atoms with Crippen molar-refractivity contribution >= 4 is 11.3 Å². The molecule has 0 radical (unpaired) electrons. The standard InChI is InChI=1S/C15H26N2S/c1-3-7-16-15-5-9-17(13(2)11-15)8-4-14-6-10-18-12-14/h6,10,12-13,15-16H,3-5,7-9,11H2,1-2H3. The Hall–Kier alpha value is -0.380. The van der Waals surface area contributed by atoms with Gasteiger partial charge < -0.3 is 10.2 Å². The molecule has 1 aliphatic rings. The van der Waals surface area contributed by atoms with Crippen LogP contribution in [0.25, 0.3) is 0 Å². The summed E-state index contributed by atoms with van der Waals surface area (Å²) in [4.78, 5) is 2.65. The van der Waals surface area contributed by atoms with E-state index in [1.807, 2.05) is 11.3 Å². The molecule has 1 aliphatic heterocycles. The zero-order valence-corrected chi connectivity index (χ0v) is 12.5. The molecule has 0 saturated carbocycles. The average molecular weight is 266 g/mol. The lowest BCUT2D eigenvalue weighted by atomic mass is 9.97. The van der Waals surface area contributed by atoms with Crippen molar-refractivity contribution in [1.82, 2.24) is 10.2 Å². The molecule has 102 valence electrons. The Morgan fingerprint density at radius 1 is 1.50 bits per heavy atom. The summed E-state index contributed by atoms with van der Waals surface area (Å²) in [6.45, 7) is 8.27. The zero-order valence-electron chi connectivity index (χ0n) is 11.7. The maximum absolute atomic E-state index is 3.67. The molecule has 2 unspecified atom stereocenters. The summed E-state index contributed by atoms with van der Waals surface area (Å²) >= 11 is 1.81. The SMILES string of the molecule is CCCNC1CCN(CCc2ccsc2)C(C)C1. The Balaban J connectivity index is 1.72. The van der Waals surface area contributed by atoms with E-state index in [1.54, 1.807) is 0 Å². The van der Waals surface area contributed by atoms with Crippen LogP contribution in [0.1, 0.15) is 38.7 Å². The molecule has 2 atom stereocenters. The monoisotopic (exact) mass is 266 g/mol. The fourth-order valence-electron chi connectivity index (χ4n) is 2.79. The molecule has 0 amide bonds. The summed E-state index contributed by atoms with van der Waals surface area (Å²) in [5, 5.41) is 8.13. The fraction of sp³-hybridized carbons (Fsp3) is 0.733. The van der Waals surface area contributed by atoms with Gasteiger partial charge in [0, 0.05) is 18.6 Å². The van der Waals surface area contributed by atoms with Crippen LogP contribution in [0.4, 0.5) is 0 Å². The number of rotatable bonds is 6. The van der Waals surface area contributed by atoms with E-state index in [0.717, 1.165) is 12.1 Å². The average Bonchev–Trinajstić information content (AvgIpc) is 2.88. The molecule has 0 spiro atoms. The molecule has 1 aromatic rings. The van der Waals surface area contributed by atoms with Crippen LogP contribution in [0.3, 0.4) is 0 Å². The highest BCUT2D eigenvalue weighted by Crippen LogP contribution is 2.18. The maximum Gasteiger partial charge on any atom is 0.00940 e. The van der Waals surface area contributed by atoms with Gasteiger partial charge in [0.25, 0.3) is 0 Å². The molecule has 18 heavy (non-hydrogen) atoms. The predicted molar refractivity (Wildman–Crippen MR) is 80.4 cm³/mol. The predicted octanol–water partition coefficient (Wildman–Crippen LogP) is 3.14. The van der Waals surface area contributed by atoms with Crippen molar-refractivity contribution in [2.75, 3.05) is 19.6 Å². The van der Waals surface area contributed by atoms with E-state index in [0.29, 0.717) is 0 Å². The van der Waals surface area contributed by atoms with Gasteiger partial charge in [0.1, 0.15) is 0 Å². The second kappa shape index (κ2) is 7.27. The van der Waals surface area contributed by atoms with Gasteiger partial charge in [-0.25, -0.2) is 0 Å². The quantitative estimate of drug-likeness (QED) is 0.851. The lowest BCUT2D eigenvalue weighted by Gasteiger charge is -2.38. The lowest BCUT2D eigenvalue weighted by Crippen LogP contribution is -2.48.